The SMILES string of the molecule is CCC1(N2NC=CN2C2=CNC(C)(C)C=C2)COC1. The Labute approximate surface area is 114 Å². The molecule has 0 saturated carbocycles. The minimum Gasteiger partial charge on any atom is -0.381 e. The second-order valence-electron chi connectivity index (χ2n) is 5.94. The van der Waals surface area contributed by atoms with E-state index in [2.05, 4.69) is 60.0 Å². The van der Waals surface area contributed by atoms with Crippen LogP contribution in [0.25, 0.3) is 0 Å². The van der Waals surface area contributed by atoms with Crippen LogP contribution in [0.2, 0.25) is 0 Å². The molecule has 5 heteroatoms. The van der Waals surface area contributed by atoms with Gasteiger partial charge in [-0.2, -0.15) is 0 Å². The summed E-state index contributed by atoms with van der Waals surface area (Å²) in [5.41, 5.74) is 4.52. The molecule has 0 aromatic carbocycles. The van der Waals surface area contributed by atoms with Crippen molar-refractivity contribution in [2.45, 2.75) is 38.3 Å². The van der Waals surface area contributed by atoms with E-state index < -0.39 is 0 Å². The fourth-order valence-electron chi connectivity index (χ4n) is 2.48. The average Bonchev–Trinajstić information content (AvgIpc) is 2.78. The van der Waals surface area contributed by atoms with E-state index in [1.54, 1.807) is 0 Å². The van der Waals surface area contributed by atoms with Crippen molar-refractivity contribution in [3.63, 3.8) is 0 Å². The van der Waals surface area contributed by atoms with Gasteiger partial charge in [0, 0.05) is 24.1 Å². The lowest BCUT2D eigenvalue weighted by Gasteiger charge is -2.50. The molecular formula is C14H22N4O. The van der Waals surface area contributed by atoms with Crippen LogP contribution in [0.5, 0.6) is 0 Å². The Bertz CT molecular complexity index is 443. The van der Waals surface area contributed by atoms with Crippen LogP contribution in [-0.4, -0.2) is 34.4 Å². The maximum absolute atomic E-state index is 5.42. The summed E-state index contributed by atoms with van der Waals surface area (Å²) in [6.45, 7) is 8.04. The van der Waals surface area contributed by atoms with Gasteiger partial charge in [-0.3, -0.25) is 5.01 Å². The van der Waals surface area contributed by atoms with E-state index in [1.807, 2.05) is 12.4 Å². The fraction of sp³-hybridized carbons (Fsp3) is 0.571. The predicted octanol–water partition coefficient (Wildman–Crippen LogP) is 1.45. The molecule has 0 radical (unpaired) electrons. The van der Waals surface area contributed by atoms with Gasteiger partial charge < -0.3 is 15.5 Å². The molecule has 3 aliphatic heterocycles. The van der Waals surface area contributed by atoms with Crippen LogP contribution >= 0.6 is 0 Å². The molecule has 19 heavy (non-hydrogen) atoms. The van der Waals surface area contributed by atoms with E-state index in [9.17, 15) is 0 Å². The predicted molar refractivity (Wildman–Crippen MR) is 74.2 cm³/mol. The molecule has 0 aromatic rings. The monoisotopic (exact) mass is 262 g/mol. The molecule has 0 aliphatic carbocycles. The van der Waals surface area contributed by atoms with Gasteiger partial charge in [-0.15, -0.1) is 5.12 Å². The number of hydrogen-bond acceptors (Lipinski definition) is 5. The van der Waals surface area contributed by atoms with Crippen LogP contribution in [0, 0.1) is 0 Å². The minimum absolute atomic E-state index is 0.0211. The highest BCUT2D eigenvalue weighted by molar-refractivity contribution is 5.28. The second kappa shape index (κ2) is 4.28. The highest BCUT2D eigenvalue weighted by Gasteiger charge is 2.47. The molecule has 5 nitrogen and oxygen atoms in total. The summed E-state index contributed by atoms with van der Waals surface area (Å²) in [5.74, 6) is 0. The molecule has 0 spiro atoms. The number of hydrogen-bond donors (Lipinski definition) is 2. The smallest absolute Gasteiger partial charge is 0.108 e. The van der Waals surface area contributed by atoms with Gasteiger partial charge in [-0.1, -0.05) is 13.0 Å². The van der Waals surface area contributed by atoms with Crippen molar-refractivity contribution in [2.75, 3.05) is 13.2 Å². The van der Waals surface area contributed by atoms with Gasteiger partial charge in [0.15, 0.2) is 0 Å². The molecule has 104 valence electrons. The first-order valence-corrected chi connectivity index (χ1v) is 6.83. The lowest BCUT2D eigenvalue weighted by atomic mass is 9.94. The topological polar surface area (TPSA) is 39.8 Å². The zero-order valence-electron chi connectivity index (χ0n) is 11.8. The van der Waals surface area contributed by atoms with Crippen LogP contribution in [0.4, 0.5) is 0 Å². The van der Waals surface area contributed by atoms with E-state index in [1.165, 1.54) is 0 Å². The largest absolute Gasteiger partial charge is 0.381 e. The molecular weight excluding hydrogens is 240 g/mol. The molecule has 2 N–H and O–H groups in total. The Hall–Kier alpha value is -1.46. The van der Waals surface area contributed by atoms with Crippen LogP contribution in [-0.2, 0) is 4.74 Å². The Morgan fingerprint density at radius 3 is 2.68 bits per heavy atom. The number of nitrogens with one attached hydrogen (secondary N) is 2. The molecule has 0 unspecified atom stereocenters. The zero-order valence-corrected chi connectivity index (χ0v) is 11.8. The van der Waals surface area contributed by atoms with Crippen molar-refractivity contribution >= 4 is 0 Å². The summed E-state index contributed by atoms with van der Waals surface area (Å²) in [7, 11) is 0. The number of dihydropyridines is 1. The van der Waals surface area contributed by atoms with Gasteiger partial charge >= 0.3 is 0 Å². The van der Waals surface area contributed by atoms with Crippen LogP contribution in [0.1, 0.15) is 27.2 Å². The number of allylic oxidation sites excluding steroid dienone is 1. The molecule has 0 atom stereocenters. The fourth-order valence-corrected chi connectivity index (χ4v) is 2.48. The van der Waals surface area contributed by atoms with E-state index in [0.29, 0.717) is 0 Å². The number of rotatable bonds is 3. The third kappa shape index (κ3) is 2.03. The minimum atomic E-state index is 0.0211. The van der Waals surface area contributed by atoms with E-state index in [4.69, 9.17) is 4.74 Å². The van der Waals surface area contributed by atoms with Crippen molar-refractivity contribution in [2.24, 2.45) is 0 Å². The second-order valence-corrected chi connectivity index (χ2v) is 5.94. The average molecular weight is 262 g/mol. The van der Waals surface area contributed by atoms with E-state index in [0.717, 1.165) is 25.3 Å². The molecule has 0 bridgehead atoms. The summed E-state index contributed by atoms with van der Waals surface area (Å²) < 4.78 is 5.42. The Kier molecular flexibility index (Phi) is 2.83. The summed E-state index contributed by atoms with van der Waals surface area (Å²) in [4.78, 5) is 0. The van der Waals surface area contributed by atoms with E-state index in [-0.39, 0.29) is 11.1 Å². The van der Waals surface area contributed by atoms with Gasteiger partial charge in [0.25, 0.3) is 0 Å². The molecule has 3 rings (SSSR count). The van der Waals surface area contributed by atoms with Crippen LogP contribution in [0.3, 0.4) is 0 Å². The summed E-state index contributed by atoms with van der Waals surface area (Å²) in [5, 5.41) is 7.72. The maximum atomic E-state index is 5.42. The maximum Gasteiger partial charge on any atom is 0.108 e. The third-order valence-corrected chi connectivity index (χ3v) is 4.00. The molecule has 0 amide bonds. The third-order valence-electron chi connectivity index (χ3n) is 4.00. The molecule has 3 aliphatic rings. The van der Waals surface area contributed by atoms with Gasteiger partial charge in [-0.05, 0) is 26.3 Å². The van der Waals surface area contributed by atoms with Crippen molar-refractivity contribution in [3.05, 3.63) is 36.4 Å². The highest BCUT2D eigenvalue weighted by atomic mass is 16.5. The van der Waals surface area contributed by atoms with Gasteiger partial charge in [0.1, 0.15) is 5.54 Å². The van der Waals surface area contributed by atoms with Crippen molar-refractivity contribution in [1.29, 1.82) is 0 Å². The van der Waals surface area contributed by atoms with E-state index >= 15 is 0 Å². The molecule has 1 fully saturated rings. The van der Waals surface area contributed by atoms with Gasteiger partial charge in [-0.25, -0.2) is 0 Å². The first-order valence-electron chi connectivity index (χ1n) is 6.83. The number of hydrazine groups is 2. The highest BCUT2D eigenvalue weighted by Crippen LogP contribution is 2.32. The first-order chi connectivity index (χ1) is 9.06. The lowest BCUT2D eigenvalue weighted by molar-refractivity contribution is -0.204. The normalized spacial score (nSPS) is 27.5. The van der Waals surface area contributed by atoms with Crippen molar-refractivity contribution in [1.82, 2.24) is 20.9 Å². The Balaban J connectivity index is 1.79. The molecule has 3 heterocycles. The Morgan fingerprint density at radius 2 is 2.16 bits per heavy atom. The van der Waals surface area contributed by atoms with Crippen molar-refractivity contribution < 1.29 is 4.74 Å². The Morgan fingerprint density at radius 1 is 1.37 bits per heavy atom. The van der Waals surface area contributed by atoms with Gasteiger partial charge in [0.2, 0.25) is 0 Å². The first kappa shape index (κ1) is 12.6. The zero-order chi connectivity index (χ0) is 13.5. The molecule has 0 aromatic heterocycles. The summed E-state index contributed by atoms with van der Waals surface area (Å²) in [6.07, 6.45) is 11.5. The number of ether oxygens (including phenoxy) is 1. The van der Waals surface area contributed by atoms with Gasteiger partial charge in [0.05, 0.1) is 18.9 Å². The molecule has 1 saturated heterocycles. The quantitative estimate of drug-likeness (QED) is 0.805. The summed E-state index contributed by atoms with van der Waals surface area (Å²) in [6, 6.07) is 0. The number of nitrogens with zero attached hydrogens (tertiary/aromatic N) is 2. The van der Waals surface area contributed by atoms with Crippen molar-refractivity contribution in [3.8, 4) is 0 Å². The summed E-state index contributed by atoms with van der Waals surface area (Å²) >= 11 is 0. The van der Waals surface area contributed by atoms with Crippen LogP contribution < -0.4 is 10.7 Å². The van der Waals surface area contributed by atoms with Crippen LogP contribution in [0.15, 0.2) is 36.4 Å². The standard InChI is InChI=1S/C14H22N4O/c1-4-14(10-19-11-14)18-16-7-8-17(18)12-5-6-13(2,3)15-9-12/h5-9,15-16H,4,10-11H2,1-3H3. The lowest BCUT2D eigenvalue weighted by Crippen LogP contribution is -2.67.